The van der Waals surface area contributed by atoms with Crippen LogP contribution in [0.25, 0.3) is 28.5 Å². The van der Waals surface area contributed by atoms with Crippen molar-refractivity contribution in [2.75, 3.05) is 7.11 Å². The van der Waals surface area contributed by atoms with Crippen molar-refractivity contribution in [2.24, 2.45) is 0 Å². The lowest BCUT2D eigenvalue weighted by Crippen LogP contribution is -2.14. The Morgan fingerprint density at radius 1 is 1.24 bits per heavy atom. The van der Waals surface area contributed by atoms with Crippen LogP contribution in [0.5, 0.6) is 0 Å². The van der Waals surface area contributed by atoms with Gasteiger partial charge in [0.1, 0.15) is 5.82 Å². The van der Waals surface area contributed by atoms with Gasteiger partial charge in [0.05, 0.1) is 23.7 Å². The number of carbonyl (C=O) groups is 2. The molecule has 1 aromatic heterocycles. The van der Waals surface area contributed by atoms with Gasteiger partial charge in [-0.05, 0) is 35.9 Å². The van der Waals surface area contributed by atoms with Gasteiger partial charge in [0.25, 0.3) is 5.91 Å². The zero-order chi connectivity index (χ0) is 17.8. The molecule has 7 heteroatoms. The summed E-state index contributed by atoms with van der Waals surface area (Å²) in [6, 6.07) is 12.5. The maximum Gasteiger partial charge on any atom is 0.337 e. The molecule has 7 nitrogen and oxygen atoms in total. The summed E-state index contributed by atoms with van der Waals surface area (Å²) in [4.78, 5) is 30.4. The Kier molecular flexibility index (Phi) is 4.58. The van der Waals surface area contributed by atoms with Crippen molar-refractivity contribution in [1.29, 1.82) is 0 Å². The molecule has 3 aromatic rings. The third-order valence-electron chi connectivity index (χ3n) is 3.60. The van der Waals surface area contributed by atoms with Crippen LogP contribution in [0, 0.1) is 0 Å². The Morgan fingerprint density at radius 2 is 2.08 bits per heavy atom. The first-order valence-corrected chi connectivity index (χ1v) is 7.41. The van der Waals surface area contributed by atoms with E-state index in [2.05, 4.69) is 9.97 Å². The second-order valence-corrected chi connectivity index (χ2v) is 5.24. The number of benzene rings is 2. The number of rotatable bonds is 4. The summed E-state index contributed by atoms with van der Waals surface area (Å²) in [7, 11) is 1.33. The number of methoxy groups -OCH3 is 1. The quantitative estimate of drug-likeness (QED) is 0.294. The topological polar surface area (TPSA) is 104 Å². The van der Waals surface area contributed by atoms with E-state index in [1.165, 1.54) is 18.7 Å². The smallest absolute Gasteiger partial charge is 0.337 e. The monoisotopic (exact) mass is 337 g/mol. The summed E-state index contributed by atoms with van der Waals surface area (Å²) in [5, 5.41) is 8.51. The third-order valence-corrected chi connectivity index (χ3v) is 3.60. The predicted octanol–water partition coefficient (Wildman–Crippen LogP) is 2.54. The fraction of sp³-hybridized carbons (Fsp3) is 0.0556. The van der Waals surface area contributed by atoms with Crippen LogP contribution >= 0.6 is 0 Å². The van der Waals surface area contributed by atoms with Crippen molar-refractivity contribution in [3.05, 3.63) is 59.7 Å². The Labute approximate surface area is 142 Å². The fourth-order valence-electron chi connectivity index (χ4n) is 2.39. The molecule has 0 aliphatic heterocycles. The molecule has 0 fully saturated rings. The van der Waals surface area contributed by atoms with Gasteiger partial charge in [-0.25, -0.2) is 15.3 Å². The number of imidazole rings is 1. The number of amides is 1. The highest BCUT2D eigenvalue weighted by atomic mass is 16.5. The van der Waals surface area contributed by atoms with Crippen molar-refractivity contribution >= 4 is 29.0 Å². The number of nitrogens with zero attached hydrogens (tertiary/aromatic N) is 1. The Bertz CT molecular complexity index is 975. The number of fused-ring (bicyclic) bond motifs is 1. The van der Waals surface area contributed by atoms with Crippen molar-refractivity contribution < 1.29 is 19.5 Å². The summed E-state index contributed by atoms with van der Waals surface area (Å²) >= 11 is 0. The van der Waals surface area contributed by atoms with Gasteiger partial charge >= 0.3 is 5.97 Å². The number of hydrogen-bond acceptors (Lipinski definition) is 5. The summed E-state index contributed by atoms with van der Waals surface area (Å²) < 4.78 is 4.72. The molecule has 0 saturated carbocycles. The second kappa shape index (κ2) is 6.98. The highest BCUT2D eigenvalue weighted by Crippen LogP contribution is 2.23. The summed E-state index contributed by atoms with van der Waals surface area (Å²) in [5.74, 6) is -0.379. The Hall–Kier alpha value is -3.45. The van der Waals surface area contributed by atoms with Gasteiger partial charge in [-0.15, -0.1) is 0 Å². The minimum absolute atomic E-state index is 0.410. The van der Waals surface area contributed by atoms with Crippen LogP contribution < -0.4 is 5.48 Å². The molecule has 0 spiro atoms. The van der Waals surface area contributed by atoms with Gasteiger partial charge in [-0.2, -0.15) is 0 Å². The van der Waals surface area contributed by atoms with E-state index in [9.17, 15) is 9.59 Å². The maximum absolute atomic E-state index is 11.6. The lowest BCUT2D eigenvalue weighted by Gasteiger charge is -1.99. The fourth-order valence-corrected chi connectivity index (χ4v) is 2.39. The van der Waals surface area contributed by atoms with E-state index < -0.39 is 11.9 Å². The van der Waals surface area contributed by atoms with Crippen LogP contribution in [0.1, 0.15) is 15.9 Å². The number of ether oxygens (including phenoxy) is 1. The van der Waals surface area contributed by atoms with Crippen LogP contribution in [0.15, 0.2) is 48.5 Å². The summed E-state index contributed by atoms with van der Waals surface area (Å²) in [6.45, 7) is 0. The van der Waals surface area contributed by atoms with Crippen molar-refractivity contribution in [3.63, 3.8) is 0 Å². The van der Waals surface area contributed by atoms with Crippen molar-refractivity contribution in [2.45, 2.75) is 0 Å². The van der Waals surface area contributed by atoms with Gasteiger partial charge in [0.2, 0.25) is 0 Å². The molecule has 0 atom stereocenters. The minimum atomic E-state index is -0.607. The van der Waals surface area contributed by atoms with Gasteiger partial charge in [-0.3, -0.25) is 10.0 Å². The number of aromatic amines is 1. The van der Waals surface area contributed by atoms with E-state index in [-0.39, 0.29) is 0 Å². The van der Waals surface area contributed by atoms with E-state index in [1.54, 1.807) is 24.3 Å². The minimum Gasteiger partial charge on any atom is -0.465 e. The SMILES string of the molecule is COC(=O)c1ccc2nc(-c3cccc(/C=C/C(=O)NO)c3)[nH]c2c1. The van der Waals surface area contributed by atoms with Crippen LogP contribution in [-0.4, -0.2) is 34.2 Å². The molecule has 0 radical (unpaired) electrons. The molecule has 0 unspecified atom stereocenters. The molecule has 3 rings (SSSR count). The van der Waals surface area contributed by atoms with E-state index in [1.807, 2.05) is 24.3 Å². The second-order valence-electron chi connectivity index (χ2n) is 5.24. The first-order chi connectivity index (χ1) is 12.1. The Morgan fingerprint density at radius 3 is 2.84 bits per heavy atom. The molecular formula is C18H15N3O4. The highest BCUT2D eigenvalue weighted by Gasteiger charge is 2.10. The number of nitrogens with one attached hydrogen (secondary N) is 2. The van der Waals surface area contributed by atoms with Gasteiger partial charge < -0.3 is 9.72 Å². The molecule has 1 amide bonds. The van der Waals surface area contributed by atoms with Crippen molar-refractivity contribution in [1.82, 2.24) is 15.4 Å². The average Bonchev–Trinajstić information content (AvgIpc) is 3.09. The van der Waals surface area contributed by atoms with Crippen LogP contribution in [-0.2, 0) is 9.53 Å². The average molecular weight is 337 g/mol. The van der Waals surface area contributed by atoms with Gasteiger partial charge in [0.15, 0.2) is 0 Å². The van der Waals surface area contributed by atoms with E-state index in [4.69, 9.17) is 9.94 Å². The van der Waals surface area contributed by atoms with E-state index in [0.29, 0.717) is 11.4 Å². The van der Waals surface area contributed by atoms with E-state index >= 15 is 0 Å². The molecule has 0 aliphatic rings. The lowest BCUT2D eigenvalue weighted by molar-refractivity contribution is -0.124. The normalized spacial score (nSPS) is 11.0. The van der Waals surface area contributed by atoms with Crippen LogP contribution in [0.2, 0.25) is 0 Å². The van der Waals surface area contributed by atoms with Crippen molar-refractivity contribution in [3.8, 4) is 11.4 Å². The molecule has 0 saturated heterocycles. The number of H-pyrrole nitrogens is 1. The van der Waals surface area contributed by atoms with Crippen LogP contribution in [0.3, 0.4) is 0 Å². The summed E-state index contributed by atoms with van der Waals surface area (Å²) in [5.41, 5.74) is 5.02. The number of hydroxylamine groups is 1. The van der Waals surface area contributed by atoms with E-state index in [0.717, 1.165) is 22.2 Å². The molecule has 0 bridgehead atoms. The molecule has 1 heterocycles. The molecule has 2 aromatic carbocycles. The van der Waals surface area contributed by atoms with Gasteiger partial charge in [-0.1, -0.05) is 18.2 Å². The molecule has 25 heavy (non-hydrogen) atoms. The zero-order valence-electron chi connectivity index (χ0n) is 13.3. The zero-order valence-corrected chi connectivity index (χ0v) is 13.3. The molecule has 126 valence electrons. The lowest BCUT2D eigenvalue weighted by atomic mass is 10.1. The highest BCUT2D eigenvalue weighted by molar-refractivity contribution is 5.94. The number of carbonyl (C=O) groups excluding carboxylic acids is 2. The molecular weight excluding hydrogens is 322 g/mol. The van der Waals surface area contributed by atoms with Gasteiger partial charge in [0, 0.05) is 11.6 Å². The standard InChI is InChI=1S/C18H15N3O4/c1-25-18(23)13-6-7-14-15(10-13)20-17(19-14)12-4-2-3-11(9-12)5-8-16(22)21-24/h2-10,24H,1H3,(H,19,20)(H,21,22)/b8-5+. The molecule has 3 N–H and O–H groups in total. The summed E-state index contributed by atoms with van der Waals surface area (Å²) in [6.07, 6.45) is 2.80. The third kappa shape index (κ3) is 3.56. The predicted molar refractivity (Wildman–Crippen MR) is 91.8 cm³/mol. The maximum atomic E-state index is 11.6. The number of aromatic nitrogens is 2. The molecule has 0 aliphatic carbocycles. The Balaban J connectivity index is 1.95. The first-order valence-electron chi connectivity index (χ1n) is 7.41. The first kappa shape index (κ1) is 16.4. The largest absolute Gasteiger partial charge is 0.465 e. The number of hydrogen-bond donors (Lipinski definition) is 3. The van der Waals surface area contributed by atoms with Crippen LogP contribution in [0.4, 0.5) is 0 Å². The number of esters is 1.